The minimum atomic E-state index is 0.0124. The van der Waals surface area contributed by atoms with Crippen molar-refractivity contribution in [3.05, 3.63) is 42.5 Å². The van der Waals surface area contributed by atoms with Gasteiger partial charge in [0.1, 0.15) is 6.26 Å². The lowest BCUT2D eigenvalue weighted by molar-refractivity contribution is -0.114. The van der Waals surface area contributed by atoms with Crippen LogP contribution in [0, 0.1) is 0 Å². The molecule has 1 nitrogen and oxygen atoms in total. The van der Waals surface area contributed by atoms with E-state index in [-0.39, 0.29) is 16.7 Å². The van der Waals surface area contributed by atoms with Crippen molar-refractivity contribution < 1.29 is 4.79 Å². The van der Waals surface area contributed by atoms with Gasteiger partial charge in [0, 0.05) is 16.3 Å². The van der Waals surface area contributed by atoms with Crippen LogP contribution >= 0.6 is 0 Å². The van der Waals surface area contributed by atoms with E-state index in [1.54, 1.807) is 6.92 Å². The first kappa shape index (κ1) is 11.2. The van der Waals surface area contributed by atoms with E-state index in [9.17, 15) is 4.79 Å². The number of carbonyl (C=O) groups is 1. The predicted molar refractivity (Wildman–Crippen MR) is 71.1 cm³/mol. The fourth-order valence-corrected chi connectivity index (χ4v) is 3.52. The summed E-state index contributed by atoms with van der Waals surface area (Å²) in [4.78, 5) is 12.5. The lowest BCUT2D eigenvalue weighted by atomic mass is 10.1. The summed E-state index contributed by atoms with van der Waals surface area (Å²) in [6.45, 7) is 1.66. The van der Waals surface area contributed by atoms with Gasteiger partial charge in [-0.05, 0) is 24.4 Å². The molecule has 82 valence electrons. The van der Waals surface area contributed by atoms with E-state index in [1.165, 1.54) is 15.7 Å². The molecule has 1 atom stereocenters. The van der Waals surface area contributed by atoms with Gasteiger partial charge in [-0.25, -0.2) is 0 Å². The minimum absolute atomic E-state index is 0.0124. The molecule has 2 heteroatoms. The monoisotopic (exact) mass is 231 g/mol. The molecule has 2 aromatic carbocycles. The van der Waals surface area contributed by atoms with Crippen molar-refractivity contribution in [2.45, 2.75) is 11.8 Å². The number of hydrogen-bond donors (Lipinski definition) is 0. The fraction of sp³-hybridized carbons (Fsp3) is 0.214. The van der Waals surface area contributed by atoms with Crippen LogP contribution in [0.1, 0.15) is 6.92 Å². The van der Waals surface area contributed by atoms with Crippen LogP contribution in [0.4, 0.5) is 0 Å². The molecular formula is C14H15OS+. The van der Waals surface area contributed by atoms with Crippen molar-refractivity contribution in [3.63, 3.8) is 0 Å². The molecule has 0 aliphatic heterocycles. The second-order valence-corrected chi connectivity index (χ2v) is 5.96. The van der Waals surface area contributed by atoms with Crippen LogP contribution in [0.3, 0.4) is 0 Å². The van der Waals surface area contributed by atoms with Gasteiger partial charge in [0.2, 0.25) is 0 Å². The van der Waals surface area contributed by atoms with E-state index in [0.29, 0.717) is 5.75 Å². The zero-order valence-electron chi connectivity index (χ0n) is 9.57. The maximum Gasteiger partial charge on any atom is 0.179 e. The van der Waals surface area contributed by atoms with Crippen molar-refractivity contribution in [1.29, 1.82) is 0 Å². The Morgan fingerprint density at radius 3 is 2.56 bits per heavy atom. The zero-order chi connectivity index (χ0) is 11.5. The van der Waals surface area contributed by atoms with Crippen molar-refractivity contribution in [3.8, 4) is 0 Å². The summed E-state index contributed by atoms with van der Waals surface area (Å²) in [7, 11) is 0.0124. The highest BCUT2D eigenvalue weighted by Gasteiger charge is 2.19. The minimum Gasteiger partial charge on any atom is -0.295 e. The van der Waals surface area contributed by atoms with Crippen molar-refractivity contribution in [2.24, 2.45) is 0 Å². The summed E-state index contributed by atoms with van der Waals surface area (Å²) in [6, 6.07) is 14.7. The van der Waals surface area contributed by atoms with Gasteiger partial charge in [0.25, 0.3) is 0 Å². The molecule has 0 saturated heterocycles. The fourth-order valence-electron chi connectivity index (χ4n) is 1.88. The number of carbonyl (C=O) groups excluding carboxylic acids is 1. The van der Waals surface area contributed by atoms with Crippen molar-refractivity contribution in [1.82, 2.24) is 0 Å². The van der Waals surface area contributed by atoms with Crippen LogP contribution in [0.25, 0.3) is 10.8 Å². The van der Waals surface area contributed by atoms with Gasteiger partial charge in [-0.3, -0.25) is 4.79 Å². The SMILES string of the molecule is CC(=O)C[S+](C)c1cccc2ccccc12. The van der Waals surface area contributed by atoms with Gasteiger partial charge in [-0.1, -0.05) is 30.3 Å². The number of hydrogen-bond acceptors (Lipinski definition) is 1. The Hall–Kier alpha value is -1.28. The van der Waals surface area contributed by atoms with Crippen molar-refractivity contribution in [2.75, 3.05) is 12.0 Å². The molecule has 0 aromatic heterocycles. The van der Waals surface area contributed by atoms with E-state index in [4.69, 9.17) is 0 Å². The second-order valence-electron chi connectivity index (χ2n) is 3.96. The Kier molecular flexibility index (Phi) is 3.30. The molecule has 0 heterocycles. The van der Waals surface area contributed by atoms with E-state index in [0.717, 1.165) is 0 Å². The van der Waals surface area contributed by atoms with Crippen LogP contribution in [0.2, 0.25) is 0 Å². The maximum atomic E-state index is 11.2. The second kappa shape index (κ2) is 4.71. The van der Waals surface area contributed by atoms with E-state index in [2.05, 4.69) is 42.7 Å². The molecule has 0 N–H and O–H groups in total. The number of Topliss-reactive ketones (excluding diaryl/α,β-unsaturated/α-hetero) is 1. The molecule has 2 rings (SSSR count). The maximum absolute atomic E-state index is 11.2. The van der Waals surface area contributed by atoms with Gasteiger partial charge in [0.15, 0.2) is 16.4 Å². The molecular weight excluding hydrogens is 216 g/mol. The van der Waals surface area contributed by atoms with E-state index >= 15 is 0 Å². The third kappa shape index (κ3) is 2.27. The average Bonchev–Trinajstić information content (AvgIpc) is 2.27. The smallest absolute Gasteiger partial charge is 0.179 e. The Labute approximate surface area is 98.8 Å². The summed E-state index contributed by atoms with van der Waals surface area (Å²) >= 11 is 0. The zero-order valence-corrected chi connectivity index (χ0v) is 10.4. The molecule has 2 aromatic rings. The lowest BCUT2D eigenvalue weighted by Gasteiger charge is -2.04. The first-order chi connectivity index (χ1) is 7.68. The highest BCUT2D eigenvalue weighted by atomic mass is 32.2. The Balaban J connectivity index is 2.47. The third-order valence-electron chi connectivity index (χ3n) is 2.54. The van der Waals surface area contributed by atoms with Crippen LogP contribution < -0.4 is 0 Å². The highest BCUT2D eigenvalue weighted by molar-refractivity contribution is 7.97. The Morgan fingerprint density at radius 1 is 1.12 bits per heavy atom. The molecule has 16 heavy (non-hydrogen) atoms. The molecule has 0 bridgehead atoms. The molecule has 0 saturated carbocycles. The topological polar surface area (TPSA) is 17.1 Å². The van der Waals surface area contributed by atoms with Crippen LogP contribution in [-0.2, 0) is 15.7 Å². The van der Waals surface area contributed by atoms with Crippen LogP contribution in [0.15, 0.2) is 47.4 Å². The van der Waals surface area contributed by atoms with Gasteiger partial charge in [-0.2, -0.15) is 0 Å². The number of benzene rings is 2. The molecule has 1 unspecified atom stereocenters. The summed E-state index contributed by atoms with van der Waals surface area (Å²) in [6.07, 6.45) is 2.14. The molecule has 0 radical (unpaired) electrons. The lowest BCUT2D eigenvalue weighted by Crippen LogP contribution is -2.12. The van der Waals surface area contributed by atoms with Crippen LogP contribution in [0.5, 0.6) is 0 Å². The van der Waals surface area contributed by atoms with Crippen LogP contribution in [-0.4, -0.2) is 17.8 Å². The van der Waals surface area contributed by atoms with Gasteiger partial charge in [-0.15, -0.1) is 0 Å². The van der Waals surface area contributed by atoms with E-state index < -0.39 is 0 Å². The first-order valence-electron chi connectivity index (χ1n) is 5.28. The Bertz CT molecular complexity index is 514. The number of rotatable bonds is 3. The Morgan fingerprint density at radius 2 is 1.81 bits per heavy atom. The van der Waals surface area contributed by atoms with Crippen molar-refractivity contribution >= 4 is 27.5 Å². The highest BCUT2D eigenvalue weighted by Crippen LogP contribution is 2.23. The third-order valence-corrected chi connectivity index (χ3v) is 4.49. The number of ketones is 1. The van der Waals surface area contributed by atoms with Gasteiger partial charge < -0.3 is 0 Å². The molecule has 0 aliphatic rings. The summed E-state index contributed by atoms with van der Waals surface area (Å²) in [5.41, 5.74) is 0. The quantitative estimate of drug-likeness (QED) is 0.742. The van der Waals surface area contributed by atoms with E-state index in [1.807, 2.05) is 6.07 Å². The average molecular weight is 231 g/mol. The molecule has 0 aliphatic carbocycles. The van der Waals surface area contributed by atoms with Gasteiger partial charge in [0.05, 0.1) is 0 Å². The molecule has 0 fully saturated rings. The standard InChI is InChI=1S/C14H15OS/c1-11(15)10-16(2)14-9-5-7-12-6-3-4-8-13(12)14/h3-9H,10H2,1-2H3/q+1. The number of fused-ring (bicyclic) bond motifs is 1. The summed E-state index contributed by atoms with van der Waals surface area (Å²) < 4.78 is 0. The largest absolute Gasteiger partial charge is 0.295 e. The summed E-state index contributed by atoms with van der Waals surface area (Å²) in [5.74, 6) is 0.910. The predicted octanol–water partition coefficient (Wildman–Crippen LogP) is 3.04. The summed E-state index contributed by atoms with van der Waals surface area (Å²) in [5, 5.41) is 2.53. The first-order valence-corrected chi connectivity index (χ1v) is 7.08. The molecule has 0 amide bonds. The molecule has 0 spiro atoms. The normalized spacial score (nSPS) is 12.6. The van der Waals surface area contributed by atoms with Gasteiger partial charge >= 0.3 is 0 Å².